The molecule has 4 amide bonds. The van der Waals surface area contributed by atoms with Crippen LogP contribution in [-0.4, -0.2) is 97.4 Å². The van der Waals surface area contributed by atoms with Crippen molar-refractivity contribution in [1.82, 2.24) is 39.8 Å². The van der Waals surface area contributed by atoms with Crippen LogP contribution in [0.3, 0.4) is 0 Å². The third kappa shape index (κ3) is 7.25. The maximum Gasteiger partial charge on any atom is 0.254 e. The fourth-order valence-corrected chi connectivity index (χ4v) is 8.25. The maximum absolute atomic E-state index is 13.8. The standard InChI is InChI=1S/C40H42ClN9O5/c1-23-30(22-48(3)46-23)36-44-34-35(31(41)19-42-37(34)45-36)55-28-12-8-26(9-13-28)39(53)50-17-4-5-32(50)40(54)47(2)20-24-16-18-49(21-24)27-10-6-25(7-11-27)29-14-15-33(51)43-38(29)52/h6-13,19,22,24,29,32H,4-5,14-18,20-21H2,1-3H3,(H,42,44,45)(H,43,51,52)/t24?,29-,32-/m0/s1. The topological polar surface area (TPSA) is 159 Å². The Kier molecular flexibility index (Phi) is 9.76. The highest BCUT2D eigenvalue weighted by atomic mass is 35.5. The van der Waals surface area contributed by atoms with Crippen LogP contribution in [0.5, 0.6) is 11.5 Å². The largest absolute Gasteiger partial charge is 0.453 e. The molecule has 15 heteroatoms. The summed E-state index contributed by atoms with van der Waals surface area (Å²) in [6, 6.07) is 14.3. The van der Waals surface area contributed by atoms with E-state index in [0.717, 1.165) is 48.4 Å². The molecule has 0 saturated carbocycles. The zero-order valence-electron chi connectivity index (χ0n) is 30.9. The minimum Gasteiger partial charge on any atom is -0.453 e. The zero-order valence-corrected chi connectivity index (χ0v) is 31.7. The van der Waals surface area contributed by atoms with Gasteiger partial charge < -0.3 is 24.4 Å². The van der Waals surface area contributed by atoms with E-state index in [9.17, 15) is 19.2 Å². The van der Waals surface area contributed by atoms with E-state index in [0.29, 0.717) is 71.4 Å². The van der Waals surface area contributed by atoms with Crippen molar-refractivity contribution >= 4 is 52.1 Å². The molecule has 8 rings (SSSR count). The van der Waals surface area contributed by atoms with Crippen molar-refractivity contribution in [2.75, 3.05) is 38.1 Å². The van der Waals surface area contributed by atoms with E-state index >= 15 is 0 Å². The highest BCUT2D eigenvalue weighted by Gasteiger charge is 2.37. The van der Waals surface area contributed by atoms with Gasteiger partial charge in [-0.2, -0.15) is 5.10 Å². The number of carbonyl (C=O) groups is 4. The number of aryl methyl sites for hydroxylation is 2. The van der Waals surface area contributed by atoms with Gasteiger partial charge in [0.05, 0.1) is 23.4 Å². The SMILES string of the molecule is Cc1nn(C)cc1-c1nc2ncc(Cl)c(Oc3ccc(C(=O)N4CCC[C@H]4C(=O)N(C)CC4CCN(c5ccc([C@@H]6CCC(=O)NC6=O)cc5)C4)cc3)c2[nH]1. The quantitative estimate of drug-likeness (QED) is 0.192. The monoisotopic (exact) mass is 763 g/mol. The summed E-state index contributed by atoms with van der Waals surface area (Å²) in [5.41, 5.74) is 5.09. The molecule has 2 aromatic carbocycles. The number of hydrogen-bond donors (Lipinski definition) is 2. The van der Waals surface area contributed by atoms with Gasteiger partial charge in [-0.05, 0) is 80.5 Å². The molecule has 284 valence electrons. The lowest BCUT2D eigenvalue weighted by molar-refractivity contribution is -0.135. The molecule has 6 heterocycles. The molecular formula is C40H42ClN9O5. The van der Waals surface area contributed by atoms with Crippen molar-refractivity contribution < 1.29 is 23.9 Å². The fourth-order valence-electron chi connectivity index (χ4n) is 8.06. The smallest absolute Gasteiger partial charge is 0.254 e. The lowest BCUT2D eigenvalue weighted by atomic mass is 9.90. The molecule has 3 aliphatic heterocycles. The van der Waals surface area contributed by atoms with E-state index in [4.69, 9.17) is 16.3 Å². The first kappa shape index (κ1) is 36.2. The number of nitrogens with zero attached hydrogens (tertiary/aromatic N) is 7. The molecule has 2 N–H and O–H groups in total. The number of halogens is 1. The molecule has 0 aliphatic carbocycles. The van der Waals surface area contributed by atoms with Crippen molar-refractivity contribution in [3.05, 3.63) is 82.8 Å². The molecule has 55 heavy (non-hydrogen) atoms. The Morgan fingerprint density at radius 2 is 1.82 bits per heavy atom. The van der Waals surface area contributed by atoms with Gasteiger partial charge in [0.15, 0.2) is 11.4 Å². The molecule has 0 spiro atoms. The number of ether oxygens (including phenoxy) is 1. The van der Waals surface area contributed by atoms with Gasteiger partial charge in [0.1, 0.15) is 28.2 Å². The molecule has 14 nitrogen and oxygen atoms in total. The molecule has 3 atom stereocenters. The van der Waals surface area contributed by atoms with E-state index in [1.165, 1.54) is 6.20 Å². The van der Waals surface area contributed by atoms with Gasteiger partial charge in [0.25, 0.3) is 5.91 Å². The second-order valence-electron chi connectivity index (χ2n) is 14.7. The van der Waals surface area contributed by atoms with Gasteiger partial charge in [-0.1, -0.05) is 23.7 Å². The third-order valence-corrected chi connectivity index (χ3v) is 11.2. The summed E-state index contributed by atoms with van der Waals surface area (Å²) in [5, 5.41) is 7.14. The van der Waals surface area contributed by atoms with Crippen molar-refractivity contribution in [1.29, 1.82) is 0 Å². The number of aromatic nitrogens is 5. The summed E-state index contributed by atoms with van der Waals surface area (Å²) in [5.74, 6) is 0.721. The molecule has 1 unspecified atom stereocenters. The number of H-pyrrole nitrogens is 1. The summed E-state index contributed by atoms with van der Waals surface area (Å²) in [4.78, 5) is 69.5. The second kappa shape index (κ2) is 14.8. The zero-order chi connectivity index (χ0) is 38.4. The number of imidazole rings is 1. The fraction of sp³-hybridized carbons (Fsp3) is 0.375. The number of nitrogens with one attached hydrogen (secondary N) is 2. The Morgan fingerprint density at radius 3 is 2.55 bits per heavy atom. The number of likely N-dealkylation sites (tertiary alicyclic amines) is 1. The predicted molar refractivity (Wildman–Crippen MR) is 206 cm³/mol. The first-order chi connectivity index (χ1) is 26.5. The average Bonchev–Trinajstić information content (AvgIpc) is 4.00. The van der Waals surface area contributed by atoms with Crippen LogP contribution in [0.1, 0.15) is 59.6 Å². The van der Waals surface area contributed by atoms with E-state index < -0.39 is 6.04 Å². The van der Waals surface area contributed by atoms with Crippen LogP contribution in [-0.2, 0) is 21.4 Å². The van der Waals surface area contributed by atoms with Crippen LogP contribution < -0.4 is 15.0 Å². The van der Waals surface area contributed by atoms with Gasteiger partial charge in [0, 0.05) is 64.1 Å². The van der Waals surface area contributed by atoms with E-state index in [1.807, 2.05) is 51.5 Å². The van der Waals surface area contributed by atoms with E-state index in [-0.39, 0.29) is 35.5 Å². The number of fused-ring (bicyclic) bond motifs is 1. The molecule has 5 aromatic rings. The first-order valence-corrected chi connectivity index (χ1v) is 19.0. The number of hydrogen-bond acceptors (Lipinski definition) is 9. The number of anilines is 1. The number of pyridine rings is 1. The number of piperidine rings is 1. The van der Waals surface area contributed by atoms with Crippen LogP contribution in [0.2, 0.25) is 5.02 Å². The van der Waals surface area contributed by atoms with Gasteiger partial charge in [0.2, 0.25) is 17.7 Å². The maximum atomic E-state index is 13.8. The van der Waals surface area contributed by atoms with Gasteiger partial charge in [-0.3, -0.25) is 29.2 Å². The molecule has 0 radical (unpaired) electrons. The van der Waals surface area contributed by atoms with Gasteiger partial charge in [-0.15, -0.1) is 0 Å². The number of amides is 4. The van der Waals surface area contributed by atoms with Crippen molar-refractivity contribution in [3.8, 4) is 22.9 Å². The second-order valence-corrected chi connectivity index (χ2v) is 15.1. The van der Waals surface area contributed by atoms with Crippen LogP contribution >= 0.6 is 11.6 Å². The Morgan fingerprint density at radius 1 is 1.04 bits per heavy atom. The molecule has 3 aromatic heterocycles. The Bertz CT molecular complexity index is 2290. The molecule has 3 saturated heterocycles. The molecule has 3 aliphatic rings. The molecule has 3 fully saturated rings. The predicted octanol–water partition coefficient (Wildman–Crippen LogP) is 5.22. The van der Waals surface area contributed by atoms with Crippen LogP contribution in [0.25, 0.3) is 22.6 Å². The summed E-state index contributed by atoms with van der Waals surface area (Å²) >= 11 is 6.54. The number of imide groups is 1. The summed E-state index contributed by atoms with van der Waals surface area (Å²) < 4.78 is 7.94. The summed E-state index contributed by atoms with van der Waals surface area (Å²) in [6.45, 7) is 4.68. The van der Waals surface area contributed by atoms with Gasteiger partial charge in [-0.25, -0.2) is 9.97 Å². The van der Waals surface area contributed by atoms with Crippen molar-refractivity contribution in [3.63, 3.8) is 0 Å². The van der Waals surface area contributed by atoms with Crippen LogP contribution in [0.15, 0.2) is 60.9 Å². The van der Waals surface area contributed by atoms with Crippen LogP contribution in [0, 0.1) is 12.8 Å². The van der Waals surface area contributed by atoms with E-state index in [1.54, 1.807) is 38.7 Å². The Hall–Kier alpha value is -5.76. The Balaban J connectivity index is 0.877. The number of rotatable bonds is 9. The first-order valence-electron chi connectivity index (χ1n) is 18.6. The molecular weight excluding hydrogens is 722 g/mol. The number of aromatic amines is 1. The number of benzene rings is 2. The minimum absolute atomic E-state index is 0.0467. The highest BCUT2D eigenvalue weighted by molar-refractivity contribution is 6.32. The normalized spacial score (nSPS) is 20.0. The van der Waals surface area contributed by atoms with Crippen molar-refractivity contribution in [2.45, 2.75) is 51.0 Å². The Labute approximate surface area is 322 Å². The van der Waals surface area contributed by atoms with Crippen molar-refractivity contribution in [2.24, 2.45) is 13.0 Å². The highest BCUT2D eigenvalue weighted by Crippen LogP contribution is 2.37. The lowest BCUT2D eigenvalue weighted by Crippen LogP contribution is -2.47. The summed E-state index contributed by atoms with van der Waals surface area (Å²) in [7, 11) is 3.68. The lowest BCUT2D eigenvalue weighted by Gasteiger charge is -2.29. The summed E-state index contributed by atoms with van der Waals surface area (Å²) in [6.07, 6.45) is 6.56. The minimum atomic E-state index is -0.521. The van der Waals surface area contributed by atoms with Gasteiger partial charge >= 0.3 is 0 Å². The van der Waals surface area contributed by atoms with Crippen LogP contribution in [0.4, 0.5) is 5.69 Å². The third-order valence-electron chi connectivity index (χ3n) is 10.9. The number of carbonyl (C=O) groups excluding carboxylic acids is 4. The van der Waals surface area contributed by atoms with E-state index in [2.05, 4.69) is 30.3 Å². The molecule has 0 bridgehead atoms. The average molecular weight is 764 g/mol. The number of likely N-dealkylation sites (N-methyl/N-ethyl adjacent to an activating group) is 1.